The fourth-order valence-electron chi connectivity index (χ4n) is 3.19. The van der Waals surface area contributed by atoms with Crippen LogP contribution in [0.25, 0.3) is 0 Å². The van der Waals surface area contributed by atoms with Crippen molar-refractivity contribution in [2.45, 2.75) is 53.0 Å². The summed E-state index contributed by atoms with van der Waals surface area (Å²) in [5.41, 5.74) is 3.25. The molecule has 116 valence electrons. The molecule has 3 heteroatoms. The fourth-order valence-corrected chi connectivity index (χ4v) is 3.19. The van der Waals surface area contributed by atoms with E-state index in [1.54, 1.807) is 0 Å². The van der Waals surface area contributed by atoms with Crippen molar-refractivity contribution in [1.29, 1.82) is 0 Å². The molecule has 1 fully saturated rings. The molecule has 0 radical (unpaired) electrons. The highest BCUT2D eigenvalue weighted by Crippen LogP contribution is 2.23. The van der Waals surface area contributed by atoms with Crippen LogP contribution in [0, 0.1) is 19.8 Å². The van der Waals surface area contributed by atoms with E-state index in [0.717, 1.165) is 42.7 Å². The lowest BCUT2D eigenvalue weighted by Crippen LogP contribution is -2.48. The fraction of sp³-hybridized carbons (Fsp3) is 0.611. The summed E-state index contributed by atoms with van der Waals surface area (Å²) >= 11 is 0. The third kappa shape index (κ3) is 4.07. The number of anilines is 1. The number of amides is 1. The molecule has 1 heterocycles. The minimum absolute atomic E-state index is 0.0279. The second kappa shape index (κ2) is 7.08. The van der Waals surface area contributed by atoms with Gasteiger partial charge in [0.25, 0.3) is 0 Å². The number of nitrogens with zero attached hydrogens (tertiary/aromatic N) is 1. The number of carbonyl (C=O) groups excluding carboxylic acids is 1. The van der Waals surface area contributed by atoms with Crippen molar-refractivity contribution in [3.05, 3.63) is 29.3 Å². The van der Waals surface area contributed by atoms with Crippen LogP contribution >= 0.6 is 0 Å². The first kappa shape index (κ1) is 16.0. The molecule has 0 spiro atoms. The number of benzene rings is 1. The highest BCUT2D eigenvalue weighted by Gasteiger charge is 2.29. The van der Waals surface area contributed by atoms with Gasteiger partial charge in [0.2, 0.25) is 5.91 Å². The molecule has 0 aliphatic carbocycles. The van der Waals surface area contributed by atoms with Crippen LogP contribution in [0.2, 0.25) is 0 Å². The van der Waals surface area contributed by atoms with Crippen molar-refractivity contribution in [2.75, 3.05) is 18.4 Å². The minimum atomic E-state index is 0.0279. The number of hydrogen-bond donors (Lipinski definition) is 1. The molecule has 1 aromatic rings. The first-order valence-corrected chi connectivity index (χ1v) is 8.10. The maximum atomic E-state index is 12.7. The molecule has 1 aliphatic rings. The standard InChI is InChI=1S/C18H28N2O/c1-13(2)12-20-11-6-5-10-16(20)18(21)19-17-14(3)8-7-9-15(17)4/h7-9,13,16H,5-6,10-12H2,1-4H3,(H,19,21). The third-order valence-electron chi connectivity index (χ3n) is 4.25. The normalized spacial score (nSPS) is 19.8. The van der Waals surface area contributed by atoms with Gasteiger partial charge in [-0.05, 0) is 50.3 Å². The van der Waals surface area contributed by atoms with Gasteiger partial charge in [-0.2, -0.15) is 0 Å². The quantitative estimate of drug-likeness (QED) is 0.915. The molecule has 21 heavy (non-hydrogen) atoms. The topological polar surface area (TPSA) is 32.3 Å². The van der Waals surface area contributed by atoms with Crippen LogP contribution in [-0.2, 0) is 4.79 Å². The highest BCUT2D eigenvalue weighted by molar-refractivity contribution is 5.96. The van der Waals surface area contributed by atoms with Crippen molar-refractivity contribution in [3.8, 4) is 0 Å². The molecule has 3 nitrogen and oxygen atoms in total. The summed E-state index contributed by atoms with van der Waals surface area (Å²) in [5.74, 6) is 0.756. The van der Waals surface area contributed by atoms with Gasteiger partial charge in [-0.1, -0.05) is 38.5 Å². The second-order valence-corrected chi connectivity index (χ2v) is 6.66. The number of para-hydroxylation sites is 1. The molecule has 1 N–H and O–H groups in total. The van der Waals surface area contributed by atoms with Gasteiger partial charge in [0.05, 0.1) is 6.04 Å². The number of piperidine rings is 1. The largest absolute Gasteiger partial charge is 0.324 e. The zero-order valence-corrected chi connectivity index (χ0v) is 13.8. The molecule has 2 rings (SSSR count). The monoisotopic (exact) mass is 288 g/mol. The Bertz CT molecular complexity index is 476. The van der Waals surface area contributed by atoms with Gasteiger partial charge in [0, 0.05) is 12.2 Å². The molecule has 1 atom stereocenters. The smallest absolute Gasteiger partial charge is 0.241 e. The summed E-state index contributed by atoms with van der Waals surface area (Å²) in [6.07, 6.45) is 3.34. The van der Waals surface area contributed by atoms with Crippen LogP contribution in [0.1, 0.15) is 44.2 Å². The average molecular weight is 288 g/mol. The average Bonchev–Trinajstić information content (AvgIpc) is 2.43. The number of rotatable bonds is 4. The maximum absolute atomic E-state index is 12.7. The number of likely N-dealkylation sites (tertiary alicyclic amines) is 1. The molecular weight excluding hydrogens is 260 g/mol. The van der Waals surface area contributed by atoms with E-state index >= 15 is 0 Å². The Morgan fingerprint density at radius 2 is 1.95 bits per heavy atom. The first-order valence-electron chi connectivity index (χ1n) is 8.10. The van der Waals surface area contributed by atoms with Gasteiger partial charge in [0.1, 0.15) is 0 Å². The van der Waals surface area contributed by atoms with E-state index in [1.807, 2.05) is 6.07 Å². The molecule has 1 aromatic carbocycles. The van der Waals surface area contributed by atoms with Crippen molar-refractivity contribution in [1.82, 2.24) is 4.90 Å². The number of aryl methyl sites for hydroxylation is 2. The third-order valence-corrected chi connectivity index (χ3v) is 4.25. The van der Waals surface area contributed by atoms with Crippen LogP contribution in [0.5, 0.6) is 0 Å². The predicted octanol–water partition coefficient (Wildman–Crippen LogP) is 3.75. The SMILES string of the molecule is Cc1cccc(C)c1NC(=O)C1CCCCN1CC(C)C. The summed E-state index contributed by atoms with van der Waals surface area (Å²) in [4.78, 5) is 15.1. The van der Waals surface area contributed by atoms with E-state index in [2.05, 4.69) is 50.0 Å². The van der Waals surface area contributed by atoms with Crippen molar-refractivity contribution in [3.63, 3.8) is 0 Å². The Hall–Kier alpha value is -1.35. The summed E-state index contributed by atoms with van der Waals surface area (Å²) in [6.45, 7) is 10.6. The Morgan fingerprint density at radius 1 is 1.29 bits per heavy atom. The van der Waals surface area contributed by atoms with Crippen LogP contribution in [0.4, 0.5) is 5.69 Å². The van der Waals surface area contributed by atoms with Crippen molar-refractivity contribution >= 4 is 11.6 Å². The zero-order chi connectivity index (χ0) is 15.4. The van der Waals surface area contributed by atoms with Gasteiger partial charge in [-0.15, -0.1) is 0 Å². The highest BCUT2D eigenvalue weighted by atomic mass is 16.2. The number of nitrogens with one attached hydrogen (secondary N) is 1. The number of hydrogen-bond acceptors (Lipinski definition) is 2. The Morgan fingerprint density at radius 3 is 2.57 bits per heavy atom. The van der Waals surface area contributed by atoms with Crippen molar-refractivity contribution < 1.29 is 4.79 Å². The van der Waals surface area contributed by atoms with Gasteiger partial charge < -0.3 is 5.32 Å². The van der Waals surface area contributed by atoms with E-state index in [0.29, 0.717) is 5.92 Å². The summed E-state index contributed by atoms with van der Waals surface area (Å²) in [7, 11) is 0. The lowest BCUT2D eigenvalue weighted by Gasteiger charge is -2.35. The van der Waals surface area contributed by atoms with Crippen LogP contribution in [-0.4, -0.2) is 29.9 Å². The van der Waals surface area contributed by atoms with E-state index in [-0.39, 0.29) is 11.9 Å². The van der Waals surface area contributed by atoms with E-state index in [4.69, 9.17) is 0 Å². The number of carbonyl (C=O) groups is 1. The lowest BCUT2D eigenvalue weighted by atomic mass is 9.99. The summed E-state index contributed by atoms with van der Waals surface area (Å²) in [6, 6.07) is 6.16. The summed E-state index contributed by atoms with van der Waals surface area (Å²) < 4.78 is 0. The zero-order valence-electron chi connectivity index (χ0n) is 13.8. The Labute approximate surface area is 128 Å². The molecule has 1 unspecified atom stereocenters. The van der Waals surface area contributed by atoms with Gasteiger partial charge in [0.15, 0.2) is 0 Å². The molecule has 0 aromatic heterocycles. The molecule has 1 saturated heterocycles. The van der Waals surface area contributed by atoms with Crippen LogP contribution in [0.15, 0.2) is 18.2 Å². The van der Waals surface area contributed by atoms with Gasteiger partial charge in [-0.3, -0.25) is 9.69 Å². The predicted molar refractivity (Wildman–Crippen MR) is 88.6 cm³/mol. The minimum Gasteiger partial charge on any atom is -0.324 e. The van der Waals surface area contributed by atoms with Crippen LogP contribution < -0.4 is 5.32 Å². The molecule has 0 saturated carbocycles. The maximum Gasteiger partial charge on any atom is 0.241 e. The van der Waals surface area contributed by atoms with Crippen molar-refractivity contribution in [2.24, 2.45) is 5.92 Å². The van der Waals surface area contributed by atoms with Gasteiger partial charge in [-0.25, -0.2) is 0 Å². The second-order valence-electron chi connectivity index (χ2n) is 6.66. The Kier molecular flexibility index (Phi) is 5.40. The molecule has 0 bridgehead atoms. The molecule has 1 amide bonds. The molecular formula is C18H28N2O. The van der Waals surface area contributed by atoms with Crippen LogP contribution in [0.3, 0.4) is 0 Å². The van der Waals surface area contributed by atoms with E-state index in [1.165, 1.54) is 6.42 Å². The lowest BCUT2D eigenvalue weighted by molar-refractivity contribution is -0.122. The van der Waals surface area contributed by atoms with E-state index in [9.17, 15) is 4.79 Å². The van der Waals surface area contributed by atoms with Gasteiger partial charge >= 0.3 is 0 Å². The first-order chi connectivity index (χ1) is 9.99. The Balaban J connectivity index is 2.10. The summed E-state index contributed by atoms with van der Waals surface area (Å²) in [5, 5.41) is 3.17. The molecule has 1 aliphatic heterocycles. The van der Waals surface area contributed by atoms with E-state index < -0.39 is 0 Å².